The Morgan fingerprint density at radius 1 is 1.36 bits per heavy atom. The third-order valence-electron chi connectivity index (χ3n) is 3.80. The number of thioether (sulfide) groups is 1. The predicted octanol–water partition coefficient (Wildman–Crippen LogP) is 3.59. The van der Waals surface area contributed by atoms with Gasteiger partial charge in [-0.25, -0.2) is 4.98 Å². The number of thiazole rings is 1. The molecule has 1 aromatic heterocycles. The van der Waals surface area contributed by atoms with Crippen LogP contribution in [0.5, 0.6) is 0 Å². The molecule has 2 aromatic rings. The summed E-state index contributed by atoms with van der Waals surface area (Å²) in [5, 5.41) is 1.84. The molecule has 0 saturated heterocycles. The van der Waals surface area contributed by atoms with Crippen molar-refractivity contribution in [3.8, 4) is 0 Å². The molecule has 0 amide bonds. The maximum Gasteiger partial charge on any atom is 0.155 e. The minimum Gasteiger partial charge on any atom is -0.372 e. The van der Waals surface area contributed by atoms with Crippen molar-refractivity contribution in [2.45, 2.75) is 26.8 Å². The molecular weight excluding hydrogens is 314 g/mol. The first-order valence-electron chi connectivity index (χ1n) is 7.49. The number of carbonyl (C=O) groups is 1. The lowest BCUT2D eigenvalue weighted by atomic mass is 10.2. The Kier molecular flexibility index (Phi) is 4.49. The van der Waals surface area contributed by atoms with E-state index in [1.807, 2.05) is 0 Å². The molecule has 0 aliphatic carbocycles. The summed E-state index contributed by atoms with van der Waals surface area (Å²) in [7, 11) is 0. The zero-order chi connectivity index (χ0) is 15.7. The number of Topliss-reactive ketones (excluding diaryl/α,β-unsaturated/α-hetero) is 1. The Hall–Kier alpha value is -1.40. The van der Waals surface area contributed by atoms with Crippen LogP contribution in [-0.4, -0.2) is 40.7 Å². The van der Waals surface area contributed by atoms with Crippen molar-refractivity contribution >= 4 is 49.8 Å². The summed E-state index contributed by atoms with van der Waals surface area (Å²) in [6.45, 7) is 7.93. The van der Waals surface area contributed by atoms with Gasteiger partial charge in [0.05, 0.1) is 10.2 Å². The van der Waals surface area contributed by atoms with Gasteiger partial charge in [-0.3, -0.25) is 9.79 Å². The van der Waals surface area contributed by atoms with Gasteiger partial charge in [0, 0.05) is 24.5 Å². The van der Waals surface area contributed by atoms with Crippen LogP contribution in [-0.2, 0) is 4.79 Å². The third-order valence-corrected chi connectivity index (χ3v) is 6.01. The summed E-state index contributed by atoms with van der Waals surface area (Å²) in [6, 6.07) is 6.21. The van der Waals surface area contributed by atoms with Gasteiger partial charge in [-0.2, -0.15) is 0 Å². The van der Waals surface area contributed by atoms with Gasteiger partial charge in [0.25, 0.3) is 0 Å². The van der Waals surface area contributed by atoms with Crippen LogP contribution in [0.1, 0.15) is 25.8 Å². The molecule has 1 unspecified atom stereocenters. The van der Waals surface area contributed by atoms with Gasteiger partial charge in [0.15, 0.2) is 5.78 Å². The Morgan fingerprint density at radius 2 is 2.14 bits per heavy atom. The minimum absolute atomic E-state index is 0.132. The van der Waals surface area contributed by atoms with E-state index in [1.54, 1.807) is 30.0 Å². The number of ketones is 1. The van der Waals surface area contributed by atoms with Gasteiger partial charge in [-0.05, 0) is 39.0 Å². The zero-order valence-electron chi connectivity index (χ0n) is 13.0. The predicted molar refractivity (Wildman–Crippen MR) is 96.6 cm³/mol. The topological polar surface area (TPSA) is 45.6 Å². The Morgan fingerprint density at radius 3 is 2.77 bits per heavy atom. The van der Waals surface area contributed by atoms with Crippen molar-refractivity contribution in [3.63, 3.8) is 0 Å². The fourth-order valence-corrected chi connectivity index (χ4v) is 4.68. The van der Waals surface area contributed by atoms with Crippen LogP contribution in [0.25, 0.3) is 10.2 Å². The quantitative estimate of drug-likeness (QED) is 0.839. The average Bonchev–Trinajstić information content (AvgIpc) is 3.14. The Balaban J connectivity index is 1.94. The van der Waals surface area contributed by atoms with Crippen molar-refractivity contribution in [2.75, 3.05) is 23.7 Å². The molecule has 6 heteroatoms. The summed E-state index contributed by atoms with van der Waals surface area (Å²) in [5.74, 6) is 0.873. The van der Waals surface area contributed by atoms with Crippen LogP contribution in [0.3, 0.4) is 0 Å². The molecule has 1 aromatic carbocycles. The van der Waals surface area contributed by atoms with Gasteiger partial charge in [0.1, 0.15) is 16.1 Å². The van der Waals surface area contributed by atoms with E-state index in [9.17, 15) is 4.79 Å². The first-order chi connectivity index (χ1) is 10.6. The molecule has 0 fully saturated rings. The molecule has 22 heavy (non-hydrogen) atoms. The molecule has 1 aliphatic rings. The summed E-state index contributed by atoms with van der Waals surface area (Å²) in [5.41, 5.74) is 2.24. The molecule has 0 bridgehead atoms. The van der Waals surface area contributed by atoms with Gasteiger partial charge in [0.2, 0.25) is 0 Å². The van der Waals surface area contributed by atoms with Crippen LogP contribution < -0.4 is 4.90 Å². The Labute approximate surface area is 138 Å². The van der Waals surface area contributed by atoms with E-state index in [1.165, 1.54) is 10.4 Å². The number of hydrogen-bond acceptors (Lipinski definition) is 6. The molecule has 0 N–H and O–H groups in total. The number of fused-ring (bicyclic) bond motifs is 1. The second-order valence-electron chi connectivity index (χ2n) is 5.22. The van der Waals surface area contributed by atoms with Crippen molar-refractivity contribution < 1.29 is 4.79 Å². The van der Waals surface area contributed by atoms with Crippen molar-refractivity contribution in [3.05, 3.63) is 23.2 Å². The minimum atomic E-state index is -0.196. The lowest BCUT2D eigenvalue weighted by molar-refractivity contribution is -0.117. The second-order valence-corrected chi connectivity index (χ2v) is 7.25. The summed E-state index contributed by atoms with van der Waals surface area (Å²) in [4.78, 5) is 23.0. The lowest BCUT2D eigenvalue weighted by Crippen LogP contribution is -2.21. The van der Waals surface area contributed by atoms with E-state index >= 15 is 0 Å². The molecule has 0 radical (unpaired) electrons. The highest BCUT2D eigenvalue weighted by Crippen LogP contribution is 2.32. The Bertz CT molecular complexity index is 734. The average molecular weight is 333 g/mol. The van der Waals surface area contributed by atoms with Crippen LogP contribution in [0.15, 0.2) is 23.2 Å². The monoisotopic (exact) mass is 333 g/mol. The smallest absolute Gasteiger partial charge is 0.155 e. The van der Waals surface area contributed by atoms with Gasteiger partial charge < -0.3 is 4.90 Å². The SMILES string of the molecule is CCN(CC)c1ccc2nc(C3=NC(C(C)=O)CS3)sc2c1. The number of anilines is 1. The van der Waals surface area contributed by atoms with E-state index in [4.69, 9.17) is 0 Å². The fourth-order valence-electron chi connectivity index (χ4n) is 2.49. The molecule has 0 saturated carbocycles. The molecule has 1 atom stereocenters. The molecule has 0 spiro atoms. The van der Waals surface area contributed by atoms with Crippen molar-refractivity contribution in [1.82, 2.24) is 4.98 Å². The summed E-state index contributed by atoms with van der Waals surface area (Å²) >= 11 is 3.29. The molecule has 116 valence electrons. The number of carbonyl (C=O) groups excluding carboxylic acids is 1. The van der Waals surface area contributed by atoms with E-state index in [-0.39, 0.29) is 11.8 Å². The maximum atomic E-state index is 11.4. The van der Waals surface area contributed by atoms with E-state index in [2.05, 4.69) is 46.9 Å². The largest absolute Gasteiger partial charge is 0.372 e. The van der Waals surface area contributed by atoms with Gasteiger partial charge in [-0.15, -0.1) is 23.1 Å². The van der Waals surface area contributed by atoms with Crippen molar-refractivity contribution in [1.29, 1.82) is 0 Å². The number of nitrogens with zero attached hydrogens (tertiary/aromatic N) is 3. The molecule has 3 rings (SSSR count). The van der Waals surface area contributed by atoms with Crippen molar-refractivity contribution in [2.24, 2.45) is 4.99 Å². The molecular formula is C16H19N3OS2. The number of aliphatic imine (C=N–C) groups is 1. The maximum absolute atomic E-state index is 11.4. The highest BCUT2D eigenvalue weighted by atomic mass is 32.2. The summed E-state index contributed by atoms with van der Waals surface area (Å²) < 4.78 is 1.17. The number of benzene rings is 1. The number of aromatic nitrogens is 1. The molecule has 2 heterocycles. The first kappa shape index (κ1) is 15.5. The van der Waals surface area contributed by atoms with Crippen LogP contribution in [0.2, 0.25) is 0 Å². The van der Waals surface area contributed by atoms with Crippen LogP contribution in [0.4, 0.5) is 5.69 Å². The van der Waals surface area contributed by atoms with Crippen LogP contribution >= 0.6 is 23.1 Å². The summed E-state index contributed by atoms with van der Waals surface area (Å²) in [6.07, 6.45) is 0. The standard InChI is InChI=1S/C16H19N3OS2/c1-4-19(5-2)11-6-7-12-14(8-11)22-16(17-12)15-18-13(9-21-15)10(3)20/h6-8,13H,4-5,9H2,1-3H3. The fraction of sp³-hybridized carbons (Fsp3) is 0.438. The zero-order valence-corrected chi connectivity index (χ0v) is 14.6. The second kappa shape index (κ2) is 6.38. The van der Waals surface area contributed by atoms with E-state index in [0.717, 1.165) is 34.4 Å². The first-order valence-corrected chi connectivity index (χ1v) is 9.29. The normalized spacial score (nSPS) is 17.8. The third kappa shape index (κ3) is 2.90. The van der Waals surface area contributed by atoms with E-state index in [0.29, 0.717) is 0 Å². The van der Waals surface area contributed by atoms with Gasteiger partial charge >= 0.3 is 0 Å². The lowest BCUT2D eigenvalue weighted by Gasteiger charge is -2.20. The highest BCUT2D eigenvalue weighted by Gasteiger charge is 2.24. The van der Waals surface area contributed by atoms with Crippen LogP contribution in [0, 0.1) is 0 Å². The molecule has 1 aliphatic heterocycles. The number of rotatable bonds is 5. The van der Waals surface area contributed by atoms with Gasteiger partial charge in [-0.1, -0.05) is 0 Å². The number of hydrogen-bond donors (Lipinski definition) is 0. The molecule has 4 nitrogen and oxygen atoms in total. The highest BCUT2D eigenvalue weighted by molar-refractivity contribution is 8.15. The van der Waals surface area contributed by atoms with E-state index < -0.39 is 0 Å².